The molecule has 2 aromatic rings. The molecule has 0 spiro atoms. The molecule has 2 rings (SSSR count). The summed E-state index contributed by atoms with van der Waals surface area (Å²) in [6.45, 7) is 4.25. The van der Waals surface area contributed by atoms with Crippen molar-refractivity contribution in [2.45, 2.75) is 19.9 Å². The second kappa shape index (κ2) is 5.89. The van der Waals surface area contributed by atoms with E-state index in [-0.39, 0.29) is 11.9 Å². The molecule has 0 aliphatic carbocycles. The summed E-state index contributed by atoms with van der Waals surface area (Å²) in [6, 6.07) is 9.91. The van der Waals surface area contributed by atoms with Gasteiger partial charge < -0.3 is 10.6 Å². The number of nitrogens with one attached hydrogen (secondary N) is 2. The molecule has 0 saturated carbocycles. The van der Waals surface area contributed by atoms with E-state index in [4.69, 9.17) is 0 Å². The van der Waals surface area contributed by atoms with E-state index in [1.54, 1.807) is 18.4 Å². The summed E-state index contributed by atoms with van der Waals surface area (Å²) < 4.78 is 0. The quantitative estimate of drug-likeness (QED) is 0.894. The number of benzene rings is 1. The summed E-state index contributed by atoms with van der Waals surface area (Å²) in [5.41, 5.74) is 2.93. The third kappa shape index (κ3) is 3.15. The minimum Gasteiger partial charge on any atom is -0.378 e. The van der Waals surface area contributed by atoms with Crippen molar-refractivity contribution >= 4 is 22.9 Å². The van der Waals surface area contributed by atoms with E-state index in [2.05, 4.69) is 35.9 Å². The van der Waals surface area contributed by atoms with Crippen LogP contribution >= 0.6 is 11.3 Å². The van der Waals surface area contributed by atoms with Crippen molar-refractivity contribution in [3.8, 4) is 0 Å². The fourth-order valence-electron chi connectivity index (χ4n) is 2.04. The van der Waals surface area contributed by atoms with Gasteiger partial charge >= 0.3 is 0 Å². The van der Waals surface area contributed by atoms with Crippen molar-refractivity contribution in [1.82, 2.24) is 5.32 Å². The van der Waals surface area contributed by atoms with Gasteiger partial charge in [-0.05, 0) is 49.1 Å². The van der Waals surface area contributed by atoms with Gasteiger partial charge in [0.05, 0.1) is 6.04 Å². The van der Waals surface area contributed by atoms with Gasteiger partial charge in [-0.25, -0.2) is 0 Å². The molecule has 1 aromatic carbocycles. The number of rotatable bonds is 4. The van der Waals surface area contributed by atoms with Gasteiger partial charge in [0, 0.05) is 23.2 Å². The number of aryl methyl sites for hydroxylation is 1. The van der Waals surface area contributed by atoms with Gasteiger partial charge in [0.1, 0.15) is 0 Å². The molecule has 1 unspecified atom stereocenters. The Morgan fingerprint density at radius 1 is 1.32 bits per heavy atom. The highest BCUT2D eigenvalue weighted by Crippen LogP contribution is 2.27. The maximum absolute atomic E-state index is 11.6. The highest BCUT2D eigenvalue weighted by molar-refractivity contribution is 7.10. The Bertz CT molecular complexity index is 577. The Labute approximate surface area is 117 Å². The molecule has 2 N–H and O–H groups in total. The maximum atomic E-state index is 11.6. The first-order chi connectivity index (χ1) is 9.11. The summed E-state index contributed by atoms with van der Waals surface area (Å²) in [4.78, 5) is 12.9. The lowest BCUT2D eigenvalue weighted by Gasteiger charge is -2.15. The van der Waals surface area contributed by atoms with Crippen molar-refractivity contribution in [3.63, 3.8) is 0 Å². The van der Waals surface area contributed by atoms with E-state index >= 15 is 0 Å². The number of amides is 1. The second-order valence-electron chi connectivity index (χ2n) is 4.49. The summed E-state index contributed by atoms with van der Waals surface area (Å²) in [6.07, 6.45) is 0. The fraction of sp³-hybridized carbons (Fsp3) is 0.267. The number of carbonyl (C=O) groups excluding carboxylic acids is 1. The normalized spacial score (nSPS) is 11.9. The summed E-state index contributed by atoms with van der Waals surface area (Å²) in [5, 5.41) is 8.17. The molecule has 1 heterocycles. The lowest BCUT2D eigenvalue weighted by Crippen LogP contribution is -2.18. The van der Waals surface area contributed by atoms with Gasteiger partial charge in [-0.2, -0.15) is 0 Å². The minimum absolute atomic E-state index is 0.0661. The molecule has 1 amide bonds. The van der Waals surface area contributed by atoms with Crippen molar-refractivity contribution in [2.24, 2.45) is 0 Å². The van der Waals surface area contributed by atoms with E-state index in [9.17, 15) is 4.79 Å². The number of thiophene rings is 1. The molecular formula is C15H18N2OS. The van der Waals surface area contributed by atoms with Crippen LogP contribution in [0.3, 0.4) is 0 Å². The van der Waals surface area contributed by atoms with Crippen LogP contribution in [-0.2, 0) is 0 Å². The van der Waals surface area contributed by atoms with Gasteiger partial charge in [0.2, 0.25) is 0 Å². The van der Waals surface area contributed by atoms with Crippen LogP contribution in [0.1, 0.15) is 33.8 Å². The molecule has 0 saturated heterocycles. The fourth-order valence-corrected chi connectivity index (χ4v) is 2.97. The van der Waals surface area contributed by atoms with Crippen LogP contribution in [0.25, 0.3) is 0 Å². The van der Waals surface area contributed by atoms with Gasteiger partial charge in [-0.1, -0.05) is 6.07 Å². The standard InChI is InChI=1S/C15H18N2OS/c1-10-7-8-19-14(10)11(2)17-13-6-4-5-12(9-13)15(18)16-3/h4-9,11,17H,1-3H3,(H,16,18). The topological polar surface area (TPSA) is 41.1 Å². The van der Waals surface area contributed by atoms with E-state index < -0.39 is 0 Å². The van der Waals surface area contributed by atoms with E-state index in [1.807, 2.05) is 24.3 Å². The Hall–Kier alpha value is -1.81. The molecule has 100 valence electrons. The first kappa shape index (κ1) is 13.6. The molecule has 4 heteroatoms. The number of hydrogen-bond donors (Lipinski definition) is 2. The van der Waals surface area contributed by atoms with Gasteiger partial charge in [-0.15, -0.1) is 11.3 Å². The van der Waals surface area contributed by atoms with E-state index in [0.717, 1.165) is 5.69 Å². The molecule has 0 aliphatic rings. The average molecular weight is 274 g/mol. The Balaban J connectivity index is 2.15. The molecule has 0 aliphatic heterocycles. The molecule has 0 bridgehead atoms. The summed E-state index contributed by atoms with van der Waals surface area (Å²) in [5.74, 6) is -0.0661. The van der Waals surface area contributed by atoms with Crippen LogP contribution in [0, 0.1) is 6.92 Å². The lowest BCUT2D eigenvalue weighted by molar-refractivity contribution is 0.0963. The Kier molecular flexibility index (Phi) is 4.22. The van der Waals surface area contributed by atoms with Crippen molar-refractivity contribution in [3.05, 3.63) is 51.7 Å². The van der Waals surface area contributed by atoms with Crippen LogP contribution in [0.2, 0.25) is 0 Å². The summed E-state index contributed by atoms with van der Waals surface area (Å²) >= 11 is 1.75. The SMILES string of the molecule is CNC(=O)c1cccc(NC(C)c2sccc2C)c1. The average Bonchev–Trinajstić information content (AvgIpc) is 2.84. The monoisotopic (exact) mass is 274 g/mol. The molecule has 0 radical (unpaired) electrons. The first-order valence-corrected chi connectivity index (χ1v) is 7.12. The highest BCUT2D eigenvalue weighted by atomic mass is 32.1. The maximum Gasteiger partial charge on any atom is 0.251 e. The predicted octanol–water partition coefficient (Wildman–Crippen LogP) is 3.59. The van der Waals surface area contributed by atoms with Crippen LogP contribution in [-0.4, -0.2) is 13.0 Å². The molecule has 0 fully saturated rings. The second-order valence-corrected chi connectivity index (χ2v) is 5.44. The van der Waals surface area contributed by atoms with Crippen molar-refractivity contribution in [2.75, 3.05) is 12.4 Å². The van der Waals surface area contributed by atoms with Gasteiger partial charge in [-0.3, -0.25) is 4.79 Å². The molecule has 3 nitrogen and oxygen atoms in total. The van der Waals surface area contributed by atoms with Gasteiger partial charge in [0.15, 0.2) is 0 Å². The van der Waals surface area contributed by atoms with Crippen molar-refractivity contribution in [1.29, 1.82) is 0 Å². The summed E-state index contributed by atoms with van der Waals surface area (Å²) in [7, 11) is 1.64. The minimum atomic E-state index is -0.0661. The molecule has 1 atom stereocenters. The largest absolute Gasteiger partial charge is 0.378 e. The zero-order valence-corrected chi connectivity index (χ0v) is 12.2. The zero-order valence-electron chi connectivity index (χ0n) is 11.4. The van der Waals surface area contributed by atoms with Crippen LogP contribution in [0.4, 0.5) is 5.69 Å². The first-order valence-electron chi connectivity index (χ1n) is 6.24. The van der Waals surface area contributed by atoms with E-state index in [0.29, 0.717) is 5.56 Å². The third-order valence-corrected chi connectivity index (χ3v) is 4.23. The Morgan fingerprint density at radius 3 is 2.74 bits per heavy atom. The molecular weight excluding hydrogens is 256 g/mol. The number of carbonyl (C=O) groups is 1. The number of hydrogen-bond acceptors (Lipinski definition) is 3. The van der Waals surface area contributed by atoms with Gasteiger partial charge in [0.25, 0.3) is 5.91 Å². The van der Waals surface area contributed by atoms with E-state index in [1.165, 1.54) is 10.4 Å². The predicted molar refractivity (Wildman–Crippen MR) is 80.9 cm³/mol. The molecule has 1 aromatic heterocycles. The van der Waals surface area contributed by atoms with Crippen LogP contribution < -0.4 is 10.6 Å². The zero-order chi connectivity index (χ0) is 13.8. The third-order valence-electron chi connectivity index (χ3n) is 3.03. The number of anilines is 1. The van der Waals surface area contributed by atoms with Crippen molar-refractivity contribution < 1.29 is 4.79 Å². The molecule has 19 heavy (non-hydrogen) atoms. The van der Waals surface area contributed by atoms with Crippen LogP contribution in [0.5, 0.6) is 0 Å². The Morgan fingerprint density at radius 2 is 2.11 bits per heavy atom. The lowest BCUT2D eigenvalue weighted by atomic mass is 10.1. The smallest absolute Gasteiger partial charge is 0.251 e. The highest BCUT2D eigenvalue weighted by Gasteiger charge is 2.10. The van der Waals surface area contributed by atoms with Crippen LogP contribution in [0.15, 0.2) is 35.7 Å².